The highest BCUT2D eigenvalue weighted by Crippen LogP contribution is 2.45. The van der Waals surface area contributed by atoms with Crippen molar-refractivity contribution >= 4 is 11.7 Å². The van der Waals surface area contributed by atoms with Crippen LogP contribution in [0.4, 0.5) is 14.6 Å². The molecule has 0 aromatic carbocycles. The number of anilines is 1. The van der Waals surface area contributed by atoms with Crippen LogP contribution in [0.25, 0.3) is 5.82 Å². The van der Waals surface area contributed by atoms with Crippen LogP contribution in [0, 0.1) is 5.82 Å². The fraction of sp³-hybridized carbons (Fsp3) is 0.278. The zero-order chi connectivity index (χ0) is 19.7. The minimum atomic E-state index is -0.976. The zero-order valence-electron chi connectivity index (χ0n) is 14.7. The summed E-state index contributed by atoms with van der Waals surface area (Å²) in [5.74, 6) is -0.183. The minimum absolute atomic E-state index is 0.197. The van der Waals surface area contributed by atoms with Gasteiger partial charge in [-0.15, -0.1) is 10.2 Å². The Labute approximate surface area is 158 Å². The van der Waals surface area contributed by atoms with Crippen LogP contribution in [0.3, 0.4) is 0 Å². The lowest BCUT2D eigenvalue weighted by Gasteiger charge is -2.43. The maximum atomic E-state index is 14.2. The highest BCUT2D eigenvalue weighted by Gasteiger charge is 2.48. The van der Waals surface area contributed by atoms with E-state index in [0.29, 0.717) is 11.6 Å². The van der Waals surface area contributed by atoms with Gasteiger partial charge in [0, 0.05) is 24.4 Å². The van der Waals surface area contributed by atoms with Gasteiger partial charge in [-0.2, -0.15) is 5.10 Å². The lowest BCUT2D eigenvalue weighted by atomic mass is 9.65. The molecule has 0 spiro atoms. The minimum Gasteiger partial charge on any atom is -0.368 e. The van der Waals surface area contributed by atoms with Gasteiger partial charge in [0.25, 0.3) is 5.91 Å². The van der Waals surface area contributed by atoms with E-state index < -0.39 is 23.3 Å². The first-order chi connectivity index (χ1) is 13.5. The van der Waals surface area contributed by atoms with E-state index in [2.05, 4.69) is 25.6 Å². The van der Waals surface area contributed by atoms with Crippen LogP contribution in [-0.4, -0.2) is 43.6 Å². The Bertz CT molecular complexity index is 999. The third-order valence-electron chi connectivity index (χ3n) is 4.85. The van der Waals surface area contributed by atoms with Gasteiger partial charge in [0.15, 0.2) is 5.82 Å². The summed E-state index contributed by atoms with van der Waals surface area (Å²) in [6, 6.07) is 6.16. The lowest BCUT2D eigenvalue weighted by molar-refractivity contribution is 0.0963. The van der Waals surface area contributed by atoms with E-state index in [1.807, 2.05) is 0 Å². The Morgan fingerprint density at radius 2 is 2.14 bits per heavy atom. The third-order valence-corrected chi connectivity index (χ3v) is 4.85. The van der Waals surface area contributed by atoms with Crippen molar-refractivity contribution < 1.29 is 13.6 Å². The van der Waals surface area contributed by atoms with Crippen molar-refractivity contribution in [2.24, 2.45) is 5.73 Å². The summed E-state index contributed by atoms with van der Waals surface area (Å²) in [4.78, 5) is 15.3. The summed E-state index contributed by atoms with van der Waals surface area (Å²) in [5, 5.41) is 15.2. The van der Waals surface area contributed by atoms with Gasteiger partial charge in [-0.05, 0) is 37.1 Å². The van der Waals surface area contributed by atoms with Gasteiger partial charge < -0.3 is 11.1 Å². The Hall–Kier alpha value is -3.43. The number of nitrogens with zero attached hydrogens (tertiary/aromatic N) is 5. The highest BCUT2D eigenvalue weighted by atomic mass is 19.1. The van der Waals surface area contributed by atoms with Crippen LogP contribution in [-0.2, 0) is 5.41 Å². The molecule has 8 nitrogen and oxygen atoms in total. The molecule has 0 atom stereocenters. The van der Waals surface area contributed by atoms with Crippen LogP contribution in [0.15, 0.2) is 42.9 Å². The van der Waals surface area contributed by atoms with Gasteiger partial charge in [-0.1, -0.05) is 0 Å². The smallest absolute Gasteiger partial charge is 0.251 e. The molecule has 1 aliphatic carbocycles. The first-order valence-corrected chi connectivity index (χ1v) is 8.64. The maximum Gasteiger partial charge on any atom is 0.251 e. The first-order valence-electron chi connectivity index (χ1n) is 8.64. The second-order valence-electron chi connectivity index (χ2n) is 6.79. The number of carbonyl (C=O) groups excluding carboxylic acids is 1. The van der Waals surface area contributed by atoms with Crippen LogP contribution in [0.1, 0.15) is 28.9 Å². The van der Waals surface area contributed by atoms with Crippen molar-refractivity contribution in [1.82, 2.24) is 25.0 Å². The van der Waals surface area contributed by atoms with E-state index in [0.717, 1.165) is 0 Å². The van der Waals surface area contributed by atoms with Crippen molar-refractivity contribution in [3.05, 3.63) is 59.9 Å². The Morgan fingerprint density at radius 3 is 2.75 bits per heavy atom. The molecular weight excluding hydrogens is 368 g/mol. The summed E-state index contributed by atoms with van der Waals surface area (Å²) in [6.07, 6.45) is 3.71. The van der Waals surface area contributed by atoms with Crippen LogP contribution in [0.5, 0.6) is 0 Å². The maximum absolute atomic E-state index is 14.2. The largest absolute Gasteiger partial charge is 0.368 e. The summed E-state index contributed by atoms with van der Waals surface area (Å²) in [5.41, 5.74) is 5.00. The molecule has 3 heterocycles. The topological polar surface area (TPSA) is 112 Å². The number of rotatable bonds is 6. The normalized spacial score (nSPS) is 21.1. The number of hydrogen-bond donors (Lipinski definition) is 2. The van der Waals surface area contributed by atoms with E-state index in [4.69, 9.17) is 5.73 Å². The number of pyridine rings is 1. The van der Waals surface area contributed by atoms with Gasteiger partial charge in [0.2, 0.25) is 0 Å². The van der Waals surface area contributed by atoms with Crippen molar-refractivity contribution in [3.8, 4) is 5.82 Å². The van der Waals surface area contributed by atoms with E-state index in [-0.39, 0.29) is 30.6 Å². The van der Waals surface area contributed by atoms with Gasteiger partial charge in [0.05, 0.1) is 17.5 Å². The number of nitrogens with two attached hydrogens (primary N) is 1. The van der Waals surface area contributed by atoms with Gasteiger partial charge >= 0.3 is 0 Å². The van der Waals surface area contributed by atoms with Crippen molar-refractivity contribution in [2.75, 3.05) is 11.9 Å². The zero-order valence-corrected chi connectivity index (χ0v) is 14.7. The Kier molecular flexibility index (Phi) is 4.46. The van der Waals surface area contributed by atoms with Crippen molar-refractivity contribution in [3.63, 3.8) is 0 Å². The summed E-state index contributed by atoms with van der Waals surface area (Å²) >= 11 is 0. The second-order valence-corrected chi connectivity index (χ2v) is 6.79. The number of carbonyl (C=O) groups is 1. The fourth-order valence-electron chi connectivity index (χ4n) is 3.36. The molecule has 0 unspecified atom stereocenters. The van der Waals surface area contributed by atoms with Gasteiger partial charge in [-0.3, -0.25) is 9.78 Å². The monoisotopic (exact) mass is 385 g/mol. The molecule has 1 aliphatic rings. The van der Waals surface area contributed by atoms with E-state index in [1.54, 1.807) is 12.1 Å². The van der Waals surface area contributed by atoms with E-state index in [1.165, 1.54) is 35.4 Å². The van der Waals surface area contributed by atoms with Gasteiger partial charge in [-0.25, -0.2) is 13.5 Å². The molecule has 1 saturated carbocycles. The second kappa shape index (κ2) is 6.95. The molecule has 28 heavy (non-hydrogen) atoms. The SMILES string of the molecule is NC(=O)c1cnn(-c2ccc(NCC3(c4ncccc4F)CC(F)C3)nn2)c1. The predicted molar refractivity (Wildman–Crippen MR) is 96.2 cm³/mol. The number of alkyl halides is 1. The summed E-state index contributed by atoms with van der Waals surface area (Å²) < 4.78 is 29.2. The molecule has 10 heteroatoms. The Balaban J connectivity index is 1.48. The molecular formula is C18H17F2N7O. The standard InChI is InChI=1S/C18H17F2N7O/c19-12-6-18(7-12,16-13(20)2-1-5-22-16)10-23-14-3-4-15(26-25-14)27-9-11(8-24-27)17(21)28/h1-5,8-9,12H,6-7,10H2,(H2,21,28)(H,23,25). The number of amides is 1. The fourth-order valence-corrected chi connectivity index (χ4v) is 3.36. The quantitative estimate of drug-likeness (QED) is 0.669. The summed E-state index contributed by atoms with van der Waals surface area (Å²) in [6.45, 7) is 0.281. The Morgan fingerprint density at radius 1 is 1.32 bits per heavy atom. The molecule has 3 aromatic rings. The molecule has 1 fully saturated rings. The van der Waals surface area contributed by atoms with Gasteiger partial charge in [0.1, 0.15) is 17.8 Å². The molecule has 0 saturated heterocycles. The average Bonchev–Trinajstić information content (AvgIpc) is 3.16. The molecule has 4 rings (SSSR count). The molecule has 3 N–H and O–H groups in total. The third kappa shape index (κ3) is 3.28. The first kappa shape index (κ1) is 18.0. The summed E-state index contributed by atoms with van der Waals surface area (Å²) in [7, 11) is 0. The van der Waals surface area contributed by atoms with E-state index in [9.17, 15) is 13.6 Å². The predicted octanol–water partition coefficient (Wildman–Crippen LogP) is 1.78. The van der Waals surface area contributed by atoms with Crippen LogP contribution >= 0.6 is 0 Å². The number of hydrogen-bond acceptors (Lipinski definition) is 6. The van der Waals surface area contributed by atoms with Crippen LogP contribution in [0.2, 0.25) is 0 Å². The average molecular weight is 385 g/mol. The van der Waals surface area contributed by atoms with E-state index >= 15 is 0 Å². The molecule has 0 aliphatic heterocycles. The lowest BCUT2D eigenvalue weighted by Crippen LogP contribution is -2.49. The number of halogens is 2. The highest BCUT2D eigenvalue weighted by molar-refractivity contribution is 5.92. The molecule has 0 bridgehead atoms. The van der Waals surface area contributed by atoms with Crippen LogP contribution < -0.4 is 11.1 Å². The van der Waals surface area contributed by atoms with Crippen molar-refractivity contribution in [1.29, 1.82) is 0 Å². The number of nitrogens with one attached hydrogen (secondary N) is 1. The molecule has 3 aromatic heterocycles. The molecule has 1 amide bonds. The molecule has 0 radical (unpaired) electrons. The van der Waals surface area contributed by atoms with Crippen molar-refractivity contribution in [2.45, 2.75) is 24.4 Å². The number of primary amides is 1. The number of aromatic nitrogens is 5. The molecule has 144 valence electrons.